The van der Waals surface area contributed by atoms with Crippen LogP contribution in [-0.4, -0.2) is 30.0 Å². The summed E-state index contributed by atoms with van der Waals surface area (Å²) in [4.78, 5) is 24.3. The number of hydrogen-bond donors (Lipinski definition) is 2. The number of benzene rings is 1. The average Bonchev–Trinajstić information content (AvgIpc) is 2.32. The Morgan fingerprint density at radius 3 is 2.53 bits per heavy atom. The lowest BCUT2D eigenvalue weighted by Gasteiger charge is -2.26. The molecule has 2 amide bonds. The van der Waals surface area contributed by atoms with E-state index in [1.807, 2.05) is 0 Å². The Hall–Kier alpha value is -1.88. The van der Waals surface area contributed by atoms with Crippen molar-refractivity contribution in [3.8, 4) is 0 Å². The van der Waals surface area contributed by atoms with E-state index < -0.39 is 6.10 Å². The van der Waals surface area contributed by atoms with Gasteiger partial charge in [0.05, 0.1) is 12.6 Å². The predicted octanol–water partition coefficient (Wildman–Crippen LogP) is 0.203. The van der Waals surface area contributed by atoms with E-state index in [-0.39, 0.29) is 24.9 Å². The number of nitrogens with zero attached hydrogens (tertiary/aromatic N) is 1. The third kappa shape index (κ3) is 2.45. The number of piperazine rings is 1. The topological polar surface area (TPSA) is 69.6 Å². The van der Waals surface area contributed by atoms with Gasteiger partial charge < -0.3 is 15.3 Å². The molecular weight excluding hydrogens is 220 g/mol. The van der Waals surface area contributed by atoms with E-state index >= 15 is 0 Å². The molecule has 1 aromatic rings. The molecule has 0 aliphatic carbocycles. The highest BCUT2D eigenvalue weighted by Crippen LogP contribution is 2.19. The fourth-order valence-electron chi connectivity index (χ4n) is 1.73. The van der Waals surface area contributed by atoms with Crippen molar-refractivity contribution in [3.05, 3.63) is 29.8 Å². The Bertz CT molecular complexity index is 440. The molecule has 0 saturated carbocycles. The van der Waals surface area contributed by atoms with Crippen LogP contribution in [0.3, 0.4) is 0 Å². The van der Waals surface area contributed by atoms with E-state index in [9.17, 15) is 14.7 Å². The molecule has 1 atom stereocenters. The van der Waals surface area contributed by atoms with E-state index in [1.165, 1.54) is 4.90 Å². The van der Waals surface area contributed by atoms with Gasteiger partial charge in [0.25, 0.3) is 0 Å². The summed E-state index contributed by atoms with van der Waals surface area (Å²) in [6.45, 7) is 1.76. The van der Waals surface area contributed by atoms with Gasteiger partial charge in [-0.2, -0.15) is 0 Å². The second-order valence-electron chi connectivity index (χ2n) is 4.02. The molecule has 0 bridgehead atoms. The highest BCUT2D eigenvalue weighted by Gasteiger charge is 2.24. The maximum Gasteiger partial charge on any atom is 0.246 e. The summed E-state index contributed by atoms with van der Waals surface area (Å²) in [5.41, 5.74) is 1.46. The molecule has 5 nitrogen and oxygen atoms in total. The number of rotatable bonds is 2. The van der Waals surface area contributed by atoms with E-state index in [1.54, 1.807) is 31.2 Å². The highest BCUT2D eigenvalue weighted by molar-refractivity contribution is 6.04. The quantitative estimate of drug-likeness (QED) is 0.768. The lowest BCUT2D eigenvalue weighted by atomic mass is 10.1. The number of hydrogen-bond acceptors (Lipinski definition) is 3. The molecular formula is C12H14N2O3. The lowest BCUT2D eigenvalue weighted by molar-refractivity contribution is -0.128. The smallest absolute Gasteiger partial charge is 0.246 e. The zero-order valence-corrected chi connectivity index (χ0v) is 9.51. The Labute approximate surface area is 99.0 Å². The summed E-state index contributed by atoms with van der Waals surface area (Å²) >= 11 is 0. The first-order chi connectivity index (χ1) is 8.08. The standard InChI is InChI=1S/C12H14N2O3/c1-8(15)9-2-4-10(5-3-9)14-7-11(16)13-6-12(14)17/h2-5,8,15H,6-7H2,1H3,(H,13,16). The Balaban J connectivity index is 2.21. The highest BCUT2D eigenvalue weighted by atomic mass is 16.3. The SMILES string of the molecule is CC(O)c1ccc(N2CC(=O)NCC2=O)cc1. The van der Waals surface area contributed by atoms with Gasteiger partial charge in [0.15, 0.2) is 0 Å². The number of carbonyl (C=O) groups excluding carboxylic acids is 2. The van der Waals surface area contributed by atoms with Crippen LogP contribution in [0.4, 0.5) is 5.69 Å². The van der Waals surface area contributed by atoms with Gasteiger partial charge in [0, 0.05) is 5.69 Å². The summed E-state index contributed by atoms with van der Waals surface area (Å²) in [6.07, 6.45) is -0.538. The number of aliphatic hydroxyl groups excluding tert-OH is 1. The first kappa shape index (κ1) is 11.6. The molecule has 2 rings (SSSR count). The van der Waals surface area contributed by atoms with Gasteiger partial charge in [-0.25, -0.2) is 0 Å². The molecule has 1 aliphatic rings. The van der Waals surface area contributed by atoms with E-state index in [4.69, 9.17) is 0 Å². The van der Waals surface area contributed by atoms with Crippen molar-refractivity contribution in [2.75, 3.05) is 18.0 Å². The summed E-state index contributed by atoms with van der Waals surface area (Å²) in [7, 11) is 0. The van der Waals surface area contributed by atoms with Gasteiger partial charge >= 0.3 is 0 Å². The van der Waals surface area contributed by atoms with Gasteiger partial charge in [-0.3, -0.25) is 9.59 Å². The molecule has 1 aromatic carbocycles. The molecule has 1 saturated heterocycles. The minimum Gasteiger partial charge on any atom is -0.389 e. The third-order valence-electron chi connectivity index (χ3n) is 2.73. The zero-order chi connectivity index (χ0) is 12.4. The minimum absolute atomic E-state index is 0.0387. The molecule has 1 unspecified atom stereocenters. The summed E-state index contributed by atoms with van der Waals surface area (Å²) in [5, 5.41) is 11.9. The van der Waals surface area contributed by atoms with E-state index in [0.717, 1.165) is 5.56 Å². The monoisotopic (exact) mass is 234 g/mol. The lowest BCUT2D eigenvalue weighted by Crippen LogP contribution is -2.51. The Morgan fingerprint density at radius 1 is 1.29 bits per heavy atom. The Kier molecular flexibility index (Phi) is 3.10. The van der Waals surface area contributed by atoms with E-state index in [0.29, 0.717) is 5.69 Å². The van der Waals surface area contributed by atoms with Crippen molar-refractivity contribution < 1.29 is 14.7 Å². The fourth-order valence-corrected chi connectivity index (χ4v) is 1.73. The van der Waals surface area contributed by atoms with Crippen LogP contribution in [0, 0.1) is 0 Å². The van der Waals surface area contributed by atoms with E-state index in [2.05, 4.69) is 5.32 Å². The maximum absolute atomic E-state index is 11.6. The largest absolute Gasteiger partial charge is 0.389 e. The zero-order valence-electron chi connectivity index (χ0n) is 9.51. The predicted molar refractivity (Wildman–Crippen MR) is 62.4 cm³/mol. The van der Waals surface area contributed by atoms with Crippen LogP contribution in [0.1, 0.15) is 18.6 Å². The number of anilines is 1. The van der Waals surface area contributed by atoms with Crippen LogP contribution in [0.25, 0.3) is 0 Å². The van der Waals surface area contributed by atoms with Gasteiger partial charge in [0.2, 0.25) is 11.8 Å². The van der Waals surface area contributed by atoms with Crippen molar-refractivity contribution in [1.82, 2.24) is 5.32 Å². The maximum atomic E-state index is 11.6. The van der Waals surface area contributed by atoms with Crippen LogP contribution in [-0.2, 0) is 9.59 Å². The molecule has 1 fully saturated rings. The van der Waals surface area contributed by atoms with Gasteiger partial charge in [-0.1, -0.05) is 12.1 Å². The van der Waals surface area contributed by atoms with Crippen molar-refractivity contribution in [3.63, 3.8) is 0 Å². The minimum atomic E-state index is -0.538. The average molecular weight is 234 g/mol. The number of nitrogens with one attached hydrogen (secondary N) is 1. The molecule has 2 N–H and O–H groups in total. The molecule has 5 heteroatoms. The molecule has 17 heavy (non-hydrogen) atoms. The molecule has 0 aromatic heterocycles. The van der Waals surface area contributed by atoms with Crippen molar-refractivity contribution in [2.45, 2.75) is 13.0 Å². The first-order valence-corrected chi connectivity index (χ1v) is 5.43. The normalized spacial score (nSPS) is 17.9. The fraction of sp³-hybridized carbons (Fsp3) is 0.333. The van der Waals surface area contributed by atoms with Crippen LogP contribution < -0.4 is 10.2 Å². The number of aliphatic hydroxyl groups is 1. The first-order valence-electron chi connectivity index (χ1n) is 5.43. The van der Waals surface area contributed by atoms with Crippen molar-refractivity contribution in [2.24, 2.45) is 0 Å². The molecule has 0 spiro atoms. The van der Waals surface area contributed by atoms with Gasteiger partial charge in [-0.15, -0.1) is 0 Å². The number of amides is 2. The van der Waals surface area contributed by atoms with Crippen molar-refractivity contribution in [1.29, 1.82) is 0 Å². The van der Waals surface area contributed by atoms with Gasteiger partial charge in [0.1, 0.15) is 6.54 Å². The second-order valence-corrected chi connectivity index (χ2v) is 4.02. The van der Waals surface area contributed by atoms with Gasteiger partial charge in [-0.05, 0) is 24.6 Å². The van der Waals surface area contributed by atoms with Crippen LogP contribution in [0.5, 0.6) is 0 Å². The summed E-state index contributed by atoms with van der Waals surface area (Å²) in [6, 6.07) is 6.97. The van der Waals surface area contributed by atoms with Crippen LogP contribution in [0.15, 0.2) is 24.3 Å². The third-order valence-corrected chi connectivity index (χ3v) is 2.73. The van der Waals surface area contributed by atoms with Crippen molar-refractivity contribution >= 4 is 17.5 Å². The summed E-state index contributed by atoms with van der Waals surface area (Å²) < 4.78 is 0. The molecule has 1 aliphatic heterocycles. The molecule has 0 radical (unpaired) electrons. The molecule has 90 valence electrons. The van der Waals surface area contributed by atoms with Crippen LogP contribution in [0.2, 0.25) is 0 Å². The Morgan fingerprint density at radius 2 is 1.94 bits per heavy atom. The van der Waals surface area contributed by atoms with Crippen LogP contribution >= 0.6 is 0 Å². The summed E-state index contributed by atoms with van der Waals surface area (Å²) in [5.74, 6) is -0.293. The number of carbonyl (C=O) groups is 2. The second kappa shape index (κ2) is 4.55. The molecule has 1 heterocycles.